The highest BCUT2D eigenvalue weighted by molar-refractivity contribution is 8.00. The van der Waals surface area contributed by atoms with E-state index in [2.05, 4.69) is 10.3 Å². The highest BCUT2D eigenvalue weighted by Gasteiger charge is 2.30. The number of benzene rings is 1. The maximum Gasteiger partial charge on any atom is 0.416 e. The van der Waals surface area contributed by atoms with Gasteiger partial charge in [-0.2, -0.15) is 13.2 Å². The Labute approximate surface area is 129 Å². The number of hydrogen-bond donors (Lipinski definition) is 1. The molecule has 1 unspecified atom stereocenters. The summed E-state index contributed by atoms with van der Waals surface area (Å²) in [4.78, 5) is 16.1. The Morgan fingerprint density at radius 3 is 2.64 bits per heavy atom. The predicted molar refractivity (Wildman–Crippen MR) is 79.6 cm³/mol. The zero-order valence-electron chi connectivity index (χ0n) is 11.6. The zero-order valence-corrected chi connectivity index (χ0v) is 12.4. The first-order valence-electron chi connectivity index (χ1n) is 6.42. The molecule has 0 saturated heterocycles. The highest BCUT2D eigenvalue weighted by Crippen LogP contribution is 2.31. The van der Waals surface area contributed by atoms with Crippen molar-refractivity contribution >= 4 is 23.4 Å². The number of amides is 1. The molecule has 1 atom stereocenters. The van der Waals surface area contributed by atoms with Gasteiger partial charge in [0, 0.05) is 11.9 Å². The molecule has 0 aliphatic rings. The van der Waals surface area contributed by atoms with Gasteiger partial charge in [-0.25, -0.2) is 4.98 Å². The quantitative estimate of drug-likeness (QED) is 0.856. The highest BCUT2D eigenvalue weighted by atomic mass is 32.2. The molecule has 0 bridgehead atoms. The van der Waals surface area contributed by atoms with Crippen LogP contribution in [0.4, 0.5) is 18.9 Å². The number of anilines is 1. The molecular formula is C15H13F3N2OS. The van der Waals surface area contributed by atoms with Gasteiger partial charge in [0.2, 0.25) is 5.91 Å². The van der Waals surface area contributed by atoms with Crippen molar-refractivity contribution in [3.05, 3.63) is 54.2 Å². The van der Waals surface area contributed by atoms with Crippen molar-refractivity contribution in [2.24, 2.45) is 0 Å². The van der Waals surface area contributed by atoms with E-state index in [0.29, 0.717) is 5.03 Å². The third-order valence-corrected chi connectivity index (χ3v) is 3.81. The fourth-order valence-electron chi connectivity index (χ4n) is 1.67. The fourth-order valence-corrected chi connectivity index (χ4v) is 2.48. The van der Waals surface area contributed by atoms with Gasteiger partial charge in [0.1, 0.15) is 0 Å². The van der Waals surface area contributed by atoms with Crippen molar-refractivity contribution in [1.29, 1.82) is 0 Å². The van der Waals surface area contributed by atoms with Crippen LogP contribution in [-0.2, 0) is 11.0 Å². The molecule has 0 fully saturated rings. The second-order valence-electron chi connectivity index (χ2n) is 4.50. The summed E-state index contributed by atoms with van der Waals surface area (Å²) >= 11 is 1.24. The van der Waals surface area contributed by atoms with Crippen molar-refractivity contribution in [1.82, 2.24) is 4.98 Å². The number of nitrogens with zero attached hydrogens (tertiary/aromatic N) is 1. The zero-order chi connectivity index (χ0) is 16.2. The first-order chi connectivity index (χ1) is 10.4. The maximum absolute atomic E-state index is 12.6. The summed E-state index contributed by atoms with van der Waals surface area (Å²) < 4.78 is 37.9. The predicted octanol–water partition coefficient (Wildman–Crippen LogP) is 4.22. The third kappa shape index (κ3) is 4.49. The van der Waals surface area contributed by atoms with Crippen LogP contribution in [-0.4, -0.2) is 16.1 Å². The Hall–Kier alpha value is -2.02. The van der Waals surface area contributed by atoms with Crippen molar-refractivity contribution in [3.8, 4) is 0 Å². The minimum atomic E-state index is -4.44. The summed E-state index contributed by atoms with van der Waals surface area (Å²) in [7, 11) is 0. The number of alkyl halides is 3. The number of pyridine rings is 1. The van der Waals surface area contributed by atoms with E-state index in [1.54, 1.807) is 31.3 Å². The first-order valence-corrected chi connectivity index (χ1v) is 7.30. The molecule has 0 spiro atoms. The van der Waals surface area contributed by atoms with Gasteiger partial charge >= 0.3 is 6.18 Å². The summed E-state index contributed by atoms with van der Waals surface area (Å²) in [6.45, 7) is 1.67. The Morgan fingerprint density at radius 1 is 1.23 bits per heavy atom. The van der Waals surface area contributed by atoms with Gasteiger partial charge in [0.15, 0.2) is 0 Å². The lowest BCUT2D eigenvalue weighted by molar-refractivity contribution is -0.137. The van der Waals surface area contributed by atoms with E-state index in [1.807, 2.05) is 0 Å². The molecule has 0 saturated carbocycles. The van der Waals surface area contributed by atoms with Gasteiger partial charge in [0.25, 0.3) is 0 Å². The standard InChI is InChI=1S/C15H13F3N2OS/c1-10(22-13-7-2-3-8-19-13)14(21)20-12-6-4-5-11(9-12)15(16,17)18/h2-10H,1H3,(H,20,21). The lowest BCUT2D eigenvalue weighted by Gasteiger charge is -2.13. The second kappa shape index (κ2) is 6.83. The largest absolute Gasteiger partial charge is 0.416 e. The van der Waals surface area contributed by atoms with Crippen LogP contribution < -0.4 is 5.32 Å². The van der Waals surface area contributed by atoms with Crippen LogP contribution in [0.1, 0.15) is 12.5 Å². The average Bonchev–Trinajstić information content (AvgIpc) is 2.47. The molecule has 2 aromatic rings. The van der Waals surface area contributed by atoms with Crippen LogP contribution in [0.15, 0.2) is 53.7 Å². The van der Waals surface area contributed by atoms with Crippen LogP contribution in [0, 0.1) is 0 Å². The molecule has 0 aliphatic heterocycles. The summed E-state index contributed by atoms with van der Waals surface area (Å²) in [6, 6.07) is 9.88. The number of rotatable bonds is 4. The summed E-state index contributed by atoms with van der Waals surface area (Å²) in [5, 5.41) is 2.68. The third-order valence-electron chi connectivity index (χ3n) is 2.76. The second-order valence-corrected chi connectivity index (χ2v) is 5.86. The summed E-state index contributed by atoms with van der Waals surface area (Å²) in [5.41, 5.74) is -0.677. The first kappa shape index (κ1) is 16.4. The monoisotopic (exact) mass is 326 g/mol. The van der Waals surface area contributed by atoms with E-state index in [-0.39, 0.29) is 11.6 Å². The average molecular weight is 326 g/mol. The Balaban J connectivity index is 2.02. The van der Waals surface area contributed by atoms with E-state index in [4.69, 9.17) is 0 Å². The SMILES string of the molecule is CC(Sc1ccccn1)C(=O)Nc1cccc(C(F)(F)F)c1. The molecule has 3 nitrogen and oxygen atoms in total. The van der Waals surface area contributed by atoms with Crippen molar-refractivity contribution in [2.45, 2.75) is 23.4 Å². The van der Waals surface area contributed by atoms with Crippen LogP contribution >= 0.6 is 11.8 Å². The van der Waals surface area contributed by atoms with E-state index in [0.717, 1.165) is 12.1 Å². The van der Waals surface area contributed by atoms with Crippen LogP contribution in [0.3, 0.4) is 0 Å². The molecule has 116 valence electrons. The van der Waals surface area contributed by atoms with Gasteiger partial charge in [-0.1, -0.05) is 23.9 Å². The lowest BCUT2D eigenvalue weighted by atomic mass is 10.2. The topological polar surface area (TPSA) is 42.0 Å². The number of carbonyl (C=O) groups excluding carboxylic acids is 1. The number of nitrogens with one attached hydrogen (secondary N) is 1. The minimum absolute atomic E-state index is 0.119. The van der Waals surface area contributed by atoms with Gasteiger partial charge in [-0.05, 0) is 37.3 Å². The summed E-state index contributed by atoms with van der Waals surface area (Å²) in [5.74, 6) is -0.380. The van der Waals surface area contributed by atoms with Crippen molar-refractivity contribution in [2.75, 3.05) is 5.32 Å². The Bertz CT molecular complexity index is 647. The molecule has 2 rings (SSSR count). The lowest BCUT2D eigenvalue weighted by Crippen LogP contribution is -2.22. The molecule has 1 heterocycles. The van der Waals surface area contributed by atoms with E-state index >= 15 is 0 Å². The molecule has 22 heavy (non-hydrogen) atoms. The van der Waals surface area contributed by atoms with Gasteiger partial charge < -0.3 is 5.32 Å². The molecule has 0 radical (unpaired) electrons. The molecular weight excluding hydrogens is 313 g/mol. The van der Waals surface area contributed by atoms with Crippen LogP contribution in [0.5, 0.6) is 0 Å². The van der Waals surface area contributed by atoms with E-state index in [1.165, 1.54) is 23.9 Å². The number of carbonyl (C=O) groups is 1. The smallest absolute Gasteiger partial charge is 0.325 e. The number of hydrogen-bond acceptors (Lipinski definition) is 3. The molecule has 0 aliphatic carbocycles. The van der Waals surface area contributed by atoms with Crippen LogP contribution in [0.2, 0.25) is 0 Å². The van der Waals surface area contributed by atoms with Gasteiger partial charge in [0.05, 0.1) is 15.8 Å². The van der Waals surface area contributed by atoms with Crippen LogP contribution in [0.25, 0.3) is 0 Å². The number of halogens is 3. The molecule has 1 N–H and O–H groups in total. The normalized spacial score (nSPS) is 12.7. The maximum atomic E-state index is 12.6. The minimum Gasteiger partial charge on any atom is -0.325 e. The van der Waals surface area contributed by atoms with E-state index in [9.17, 15) is 18.0 Å². The van der Waals surface area contributed by atoms with Gasteiger partial charge in [-0.3, -0.25) is 4.79 Å². The molecule has 7 heteroatoms. The van der Waals surface area contributed by atoms with Gasteiger partial charge in [-0.15, -0.1) is 0 Å². The Morgan fingerprint density at radius 2 is 2.00 bits per heavy atom. The summed E-state index contributed by atoms with van der Waals surface area (Å²) in [6.07, 6.45) is -2.82. The molecule has 1 aromatic carbocycles. The van der Waals surface area contributed by atoms with Crippen molar-refractivity contribution in [3.63, 3.8) is 0 Å². The number of thioether (sulfide) groups is 1. The number of aromatic nitrogens is 1. The molecule has 1 amide bonds. The fraction of sp³-hybridized carbons (Fsp3) is 0.200. The van der Waals surface area contributed by atoms with Crippen molar-refractivity contribution < 1.29 is 18.0 Å². The molecule has 1 aromatic heterocycles. The Kier molecular flexibility index (Phi) is 5.07. The van der Waals surface area contributed by atoms with E-state index < -0.39 is 17.0 Å².